The Morgan fingerprint density at radius 3 is 2.13 bits per heavy atom. The standard InChI is InChI=1S/C29H28F3NO4S/c1-36-27-9-5-8-22(18-27)28(21-10-14-26(15-11-21)37-38(34,35)29(30,31)32)23-16-24-12-13-25(17-23)33(24)19-20-6-3-2-4-7-20/h2-11,14-15,18,24-25H,12-13,16-17,19H2,1H3. The summed E-state index contributed by atoms with van der Waals surface area (Å²) in [6.07, 6.45) is 3.95. The van der Waals surface area contributed by atoms with E-state index in [0.29, 0.717) is 17.8 Å². The van der Waals surface area contributed by atoms with E-state index in [4.69, 9.17) is 4.74 Å². The minimum absolute atomic E-state index is 0.390. The number of piperidine rings is 1. The van der Waals surface area contributed by atoms with Crippen molar-refractivity contribution >= 4 is 15.7 Å². The minimum atomic E-state index is -5.74. The zero-order valence-corrected chi connectivity index (χ0v) is 21.6. The maximum absolute atomic E-state index is 12.8. The number of rotatable bonds is 7. The molecule has 38 heavy (non-hydrogen) atoms. The average Bonchev–Trinajstić information content (AvgIpc) is 3.11. The Bertz CT molecular complexity index is 1400. The van der Waals surface area contributed by atoms with Crippen LogP contribution in [0.15, 0.2) is 84.4 Å². The van der Waals surface area contributed by atoms with E-state index >= 15 is 0 Å². The highest BCUT2D eigenvalue weighted by Crippen LogP contribution is 2.44. The normalized spacial score (nSPS) is 19.8. The van der Waals surface area contributed by atoms with E-state index in [-0.39, 0.29) is 5.75 Å². The van der Waals surface area contributed by atoms with Crippen LogP contribution in [-0.4, -0.2) is 38.0 Å². The summed E-state index contributed by atoms with van der Waals surface area (Å²) in [6.45, 7) is 0.900. The molecular formula is C29H28F3NO4S. The quantitative estimate of drug-likeness (QED) is 0.250. The Kier molecular flexibility index (Phi) is 7.24. The molecule has 3 aromatic carbocycles. The second-order valence-electron chi connectivity index (χ2n) is 9.67. The highest BCUT2D eigenvalue weighted by molar-refractivity contribution is 7.88. The van der Waals surface area contributed by atoms with Gasteiger partial charge in [-0.1, -0.05) is 60.2 Å². The fourth-order valence-electron chi connectivity index (χ4n) is 5.57. The first-order valence-corrected chi connectivity index (χ1v) is 13.8. The van der Waals surface area contributed by atoms with Gasteiger partial charge in [0.2, 0.25) is 0 Å². The number of methoxy groups -OCH3 is 1. The fourth-order valence-corrected chi connectivity index (χ4v) is 6.03. The van der Waals surface area contributed by atoms with Crippen LogP contribution in [0, 0.1) is 0 Å². The summed E-state index contributed by atoms with van der Waals surface area (Å²) in [4.78, 5) is 2.58. The number of nitrogens with zero attached hydrogens (tertiary/aromatic N) is 1. The number of benzene rings is 3. The van der Waals surface area contributed by atoms with Crippen LogP contribution in [0.1, 0.15) is 42.4 Å². The first kappa shape index (κ1) is 26.3. The van der Waals surface area contributed by atoms with Gasteiger partial charge < -0.3 is 8.92 Å². The molecule has 2 heterocycles. The van der Waals surface area contributed by atoms with Crippen LogP contribution in [-0.2, 0) is 16.7 Å². The maximum Gasteiger partial charge on any atom is 0.534 e. The molecule has 2 aliphatic rings. The molecule has 0 amide bonds. The lowest BCUT2D eigenvalue weighted by Crippen LogP contribution is -2.40. The number of ether oxygens (including phenoxy) is 1. The van der Waals surface area contributed by atoms with Crippen LogP contribution in [0.4, 0.5) is 13.2 Å². The number of hydrogen-bond donors (Lipinski definition) is 0. The summed E-state index contributed by atoms with van der Waals surface area (Å²) in [5.41, 5.74) is -0.231. The van der Waals surface area contributed by atoms with Crippen LogP contribution in [0.3, 0.4) is 0 Å². The molecule has 2 aliphatic heterocycles. The average molecular weight is 544 g/mol. The fraction of sp³-hybridized carbons (Fsp3) is 0.310. The molecule has 0 radical (unpaired) electrons. The zero-order chi connectivity index (χ0) is 26.9. The van der Waals surface area contributed by atoms with E-state index in [1.807, 2.05) is 30.3 Å². The van der Waals surface area contributed by atoms with Crippen molar-refractivity contribution in [2.45, 2.75) is 49.8 Å². The molecule has 0 aromatic heterocycles. The SMILES string of the molecule is COc1cccc(C(=C2CC3CCC(C2)N3Cc2ccccc2)c2ccc(OS(=O)(=O)C(F)(F)F)cc2)c1. The van der Waals surface area contributed by atoms with Gasteiger partial charge in [0.05, 0.1) is 7.11 Å². The van der Waals surface area contributed by atoms with Crippen LogP contribution in [0.25, 0.3) is 5.57 Å². The lowest BCUT2D eigenvalue weighted by Gasteiger charge is -2.37. The van der Waals surface area contributed by atoms with Crippen molar-refractivity contribution in [2.75, 3.05) is 7.11 Å². The summed E-state index contributed by atoms with van der Waals surface area (Å²) in [7, 11) is -4.14. The highest BCUT2D eigenvalue weighted by Gasteiger charge is 2.48. The smallest absolute Gasteiger partial charge is 0.497 e. The van der Waals surface area contributed by atoms with E-state index in [0.717, 1.165) is 48.9 Å². The van der Waals surface area contributed by atoms with E-state index in [1.165, 1.54) is 23.3 Å². The van der Waals surface area contributed by atoms with Gasteiger partial charge in [-0.15, -0.1) is 0 Å². The number of halogens is 3. The second-order valence-corrected chi connectivity index (χ2v) is 11.2. The molecule has 2 bridgehead atoms. The van der Waals surface area contributed by atoms with Crippen molar-refractivity contribution in [3.05, 3.63) is 101 Å². The largest absolute Gasteiger partial charge is 0.534 e. The second kappa shape index (κ2) is 10.5. The molecule has 0 saturated carbocycles. The van der Waals surface area contributed by atoms with Gasteiger partial charge in [-0.05, 0) is 72.2 Å². The van der Waals surface area contributed by atoms with Crippen LogP contribution >= 0.6 is 0 Å². The van der Waals surface area contributed by atoms with Crippen molar-refractivity contribution in [3.8, 4) is 11.5 Å². The molecule has 3 aromatic rings. The van der Waals surface area contributed by atoms with E-state index in [1.54, 1.807) is 19.2 Å². The number of fused-ring (bicyclic) bond motifs is 2. The third-order valence-corrected chi connectivity index (χ3v) is 8.27. The highest BCUT2D eigenvalue weighted by atomic mass is 32.2. The number of alkyl halides is 3. The van der Waals surface area contributed by atoms with E-state index < -0.39 is 15.6 Å². The Hall–Kier alpha value is -3.30. The molecular weight excluding hydrogens is 515 g/mol. The van der Waals surface area contributed by atoms with Crippen molar-refractivity contribution in [1.82, 2.24) is 4.90 Å². The van der Waals surface area contributed by atoms with Gasteiger partial charge >= 0.3 is 15.6 Å². The van der Waals surface area contributed by atoms with E-state index in [9.17, 15) is 21.6 Å². The predicted octanol–water partition coefficient (Wildman–Crippen LogP) is 6.55. The number of hydrogen-bond acceptors (Lipinski definition) is 5. The van der Waals surface area contributed by atoms with Gasteiger partial charge in [0.15, 0.2) is 0 Å². The molecule has 5 nitrogen and oxygen atoms in total. The summed E-state index contributed by atoms with van der Waals surface area (Å²) in [5.74, 6) is 0.306. The van der Waals surface area contributed by atoms with Gasteiger partial charge in [-0.3, -0.25) is 4.90 Å². The summed E-state index contributed by atoms with van der Waals surface area (Å²) >= 11 is 0. The lowest BCUT2D eigenvalue weighted by molar-refractivity contribution is -0.0500. The van der Waals surface area contributed by atoms with Crippen molar-refractivity contribution in [3.63, 3.8) is 0 Å². The van der Waals surface area contributed by atoms with Crippen molar-refractivity contribution < 1.29 is 30.5 Å². The predicted molar refractivity (Wildman–Crippen MR) is 139 cm³/mol. The summed E-state index contributed by atoms with van der Waals surface area (Å²) in [5, 5.41) is 0. The Morgan fingerprint density at radius 2 is 1.53 bits per heavy atom. The van der Waals surface area contributed by atoms with Crippen LogP contribution in [0.2, 0.25) is 0 Å². The molecule has 200 valence electrons. The van der Waals surface area contributed by atoms with E-state index in [2.05, 4.69) is 33.3 Å². The van der Waals surface area contributed by atoms with Crippen LogP contribution in [0.5, 0.6) is 11.5 Å². The summed E-state index contributed by atoms with van der Waals surface area (Å²) in [6, 6.07) is 24.7. The molecule has 2 unspecified atom stereocenters. The van der Waals surface area contributed by atoms with Gasteiger partial charge in [-0.2, -0.15) is 21.6 Å². The lowest BCUT2D eigenvalue weighted by atomic mass is 9.85. The van der Waals surface area contributed by atoms with Crippen molar-refractivity contribution in [1.29, 1.82) is 0 Å². The molecule has 2 saturated heterocycles. The molecule has 5 rings (SSSR count). The molecule has 2 fully saturated rings. The van der Waals surface area contributed by atoms with Crippen LogP contribution < -0.4 is 8.92 Å². The molecule has 2 atom stereocenters. The van der Waals surface area contributed by atoms with Gasteiger partial charge in [0.25, 0.3) is 0 Å². The van der Waals surface area contributed by atoms with Gasteiger partial charge in [0.1, 0.15) is 11.5 Å². The third kappa shape index (κ3) is 5.44. The first-order chi connectivity index (χ1) is 18.1. The third-order valence-electron chi connectivity index (χ3n) is 7.29. The molecule has 0 N–H and O–H groups in total. The Morgan fingerprint density at radius 1 is 0.868 bits per heavy atom. The van der Waals surface area contributed by atoms with Crippen molar-refractivity contribution in [2.24, 2.45) is 0 Å². The zero-order valence-electron chi connectivity index (χ0n) is 20.8. The van der Waals surface area contributed by atoms with Gasteiger partial charge in [0, 0.05) is 18.6 Å². The molecule has 9 heteroatoms. The monoisotopic (exact) mass is 543 g/mol. The summed E-state index contributed by atoms with van der Waals surface area (Å²) < 4.78 is 71.0. The Balaban J connectivity index is 1.49. The maximum atomic E-state index is 12.8. The topological polar surface area (TPSA) is 55.8 Å². The first-order valence-electron chi connectivity index (χ1n) is 12.4. The molecule has 0 aliphatic carbocycles. The minimum Gasteiger partial charge on any atom is -0.497 e. The van der Waals surface area contributed by atoms with Gasteiger partial charge in [-0.25, -0.2) is 0 Å². The molecule has 0 spiro atoms. The Labute approximate surface area is 220 Å².